The Morgan fingerprint density at radius 2 is 1.93 bits per heavy atom. The first-order valence-corrected chi connectivity index (χ1v) is 10.6. The van der Waals surface area contributed by atoms with Gasteiger partial charge in [-0.05, 0) is 37.0 Å². The maximum atomic E-state index is 5.59. The fraction of sp³-hybridized carbons (Fsp3) is 0.682. The topological polar surface area (TPSA) is 67.4 Å². The van der Waals surface area contributed by atoms with Gasteiger partial charge in [0.1, 0.15) is 0 Å². The lowest BCUT2D eigenvalue weighted by atomic mass is 10.0. The Morgan fingerprint density at radius 3 is 2.53 bits per heavy atom. The molecule has 0 spiro atoms. The van der Waals surface area contributed by atoms with E-state index in [4.69, 9.17) is 14.2 Å². The van der Waals surface area contributed by atoms with Crippen LogP contribution in [0.4, 0.5) is 0 Å². The number of ether oxygens (including phenoxy) is 3. The van der Waals surface area contributed by atoms with Crippen molar-refractivity contribution in [1.29, 1.82) is 0 Å². The van der Waals surface area contributed by atoms with Crippen molar-refractivity contribution < 1.29 is 14.2 Å². The average Bonchev–Trinajstić information content (AvgIpc) is 2.74. The van der Waals surface area contributed by atoms with Crippen LogP contribution >= 0.6 is 24.0 Å². The van der Waals surface area contributed by atoms with E-state index in [9.17, 15) is 0 Å². The standard InChI is InChI=1S/C22H38N4O3.HI/c1-6-29-20-8-7-18(14-21(20)27-5)15-24-22(23-4)25-16-19(13-17(2)3)26-9-11-28-12-10-26;/h7-8,14,17,19H,6,9-13,15-16H2,1-5H3,(H2,23,24,25);1H. The Hall–Kier alpha value is -1.26. The van der Waals surface area contributed by atoms with Gasteiger partial charge in [0.2, 0.25) is 0 Å². The van der Waals surface area contributed by atoms with Gasteiger partial charge >= 0.3 is 0 Å². The van der Waals surface area contributed by atoms with E-state index in [1.807, 2.05) is 25.1 Å². The van der Waals surface area contributed by atoms with Gasteiger partial charge in [-0.25, -0.2) is 0 Å². The highest BCUT2D eigenvalue weighted by Gasteiger charge is 2.22. The smallest absolute Gasteiger partial charge is 0.191 e. The van der Waals surface area contributed by atoms with Gasteiger partial charge in [-0.3, -0.25) is 9.89 Å². The number of benzene rings is 1. The van der Waals surface area contributed by atoms with E-state index in [2.05, 4.69) is 34.4 Å². The molecule has 2 rings (SSSR count). The van der Waals surface area contributed by atoms with Crippen molar-refractivity contribution in [1.82, 2.24) is 15.5 Å². The Bertz CT molecular complexity index is 637. The number of guanidine groups is 1. The number of nitrogens with one attached hydrogen (secondary N) is 2. The number of rotatable bonds is 10. The molecule has 1 heterocycles. The third kappa shape index (κ3) is 8.85. The fourth-order valence-corrected chi connectivity index (χ4v) is 3.57. The van der Waals surface area contributed by atoms with Crippen LogP contribution in [0.2, 0.25) is 0 Å². The van der Waals surface area contributed by atoms with Crippen LogP contribution in [0, 0.1) is 5.92 Å². The molecule has 30 heavy (non-hydrogen) atoms. The molecule has 1 aliphatic rings. The van der Waals surface area contributed by atoms with Gasteiger partial charge < -0.3 is 24.8 Å². The third-order valence-electron chi connectivity index (χ3n) is 5.02. The van der Waals surface area contributed by atoms with Gasteiger partial charge in [0.25, 0.3) is 0 Å². The van der Waals surface area contributed by atoms with Gasteiger partial charge in [-0.2, -0.15) is 0 Å². The lowest BCUT2D eigenvalue weighted by Crippen LogP contribution is -2.50. The first kappa shape index (κ1) is 26.8. The van der Waals surface area contributed by atoms with Crippen LogP contribution in [0.25, 0.3) is 0 Å². The van der Waals surface area contributed by atoms with E-state index in [0.29, 0.717) is 25.1 Å². The summed E-state index contributed by atoms with van der Waals surface area (Å²) in [7, 11) is 3.47. The number of aliphatic imine (C=N–C) groups is 1. The highest BCUT2D eigenvalue weighted by atomic mass is 127. The maximum absolute atomic E-state index is 5.59. The lowest BCUT2D eigenvalue weighted by molar-refractivity contribution is 0.0132. The predicted molar refractivity (Wildman–Crippen MR) is 133 cm³/mol. The van der Waals surface area contributed by atoms with Crippen molar-refractivity contribution >= 4 is 29.9 Å². The molecule has 1 unspecified atom stereocenters. The zero-order valence-electron chi connectivity index (χ0n) is 19.1. The molecular weight excluding hydrogens is 495 g/mol. The fourth-order valence-electron chi connectivity index (χ4n) is 3.57. The number of nitrogens with zero attached hydrogens (tertiary/aromatic N) is 2. The maximum Gasteiger partial charge on any atom is 0.191 e. The van der Waals surface area contributed by atoms with Crippen LogP contribution in [0.1, 0.15) is 32.8 Å². The quantitative estimate of drug-likeness (QED) is 0.273. The Labute approximate surface area is 199 Å². The lowest BCUT2D eigenvalue weighted by Gasteiger charge is -2.35. The Morgan fingerprint density at radius 1 is 1.20 bits per heavy atom. The van der Waals surface area contributed by atoms with Crippen molar-refractivity contribution in [3.8, 4) is 11.5 Å². The summed E-state index contributed by atoms with van der Waals surface area (Å²) in [6.07, 6.45) is 1.15. The second-order valence-corrected chi connectivity index (χ2v) is 7.66. The molecule has 1 atom stereocenters. The van der Waals surface area contributed by atoms with Crippen LogP contribution in [-0.4, -0.2) is 70.5 Å². The van der Waals surface area contributed by atoms with Crippen LogP contribution in [-0.2, 0) is 11.3 Å². The molecule has 1 aromatic rings. The van der Waals surface area contributed by atoms with E-state index in [1.165, 1.54) is 0 Å². The first-order chi connectivity index (χ1) is 14.1. The summed E-state index contributed by atoms with van der Waals surface area (Å²) in [6.45, 7) is 12.3. The van der Waals surface area contributed by atoms with E-state index in [0.717, 1.165) is 62.3 Å². The van der Waals surface area contributed by atoms with E-state index in [-0.39, 0.29) is 24.0 Å². The molecule has 1 aromatic carbocycles. The zero-order chi connectivity index (χ0) is 21.1. The summed E-state index contributed by atoms with van der Waals surface area (Å²) in [5.41, 5.74) is 1.11. The molecule has 7 nitrogen and oxygen atoms in total. The number of hydrogen-bond donors (Lipinski definition) is 2. The molecular formula is C22H39IN4O3. The molecule has 0 radical (unpaired) electrons. The molecule has 1 saturated heterocycles. The molecule has 0 aliphatic carbocycles. The molecule has 0 bridgehead atoms. The van der Waals surface area contributed by atoms with Gasteiger partial charge in [-0.15, -0.1) is 24.0 Å². The third-order valence-corrected chi connectivity index (χ3v) is 5.02. The largest absolute Gasteiger partial charge is 0.493 e. The second-order valence-electron chi connectivity index (χ2n) is 7.66. The van der Waals surface area contributed by atoms with Crippen LogP contribution < -0.4 is 20.1 Å². The molecule has 8 heteroatoms. The SMILES string of the molecule is CCOc1ccc(CNC(=NC)NCC(CC(C)C)N2CCOCC2)cc1OC.I. The molecule has 0 aromatic heterocycles. The van der Waals surface area contributed by atoms with E-state index >= 15 is 0 Å². The average molecular weight is 534 g/mol. The summed E-state index contributed by atoms with van der Waals surface area (Å²) < 4.78 is 16.5. The summed E-state index contributed by atoms with van der Waals surface area (Å²) >= 11 is 0. The van der Waals surface area contributed by atoms with Crippen molar-refractivity contribution in [3.05, 3.63) is 23.8 Å². The summed E-state index contributed by atoms with van der Waals surface area (Å²) in [5.74, 6) is 2.97. The normalized spacial score (nSPS) is 16.0. The molecule has 1 aliphatic heterocycles. The van der Waals surface area contributed by atoms with Crippen molar-refractivity contribution in [2.45, 2.75) is 39.8 Å². The molecule has 0 saturated carbocycles. The molecule has 0 amide bonds. The van der Waals surface area contributed by atoms with Crippen molar-refractivity contribution in [3.63, 3.8) is 0 Å². The van der Waals surface area contributed by atoms with E-state index < -0.39 is 0 Å². The second kappa shape index (κ2) is 14.7. The Balaban J connectivity index is 0.00000450. The molecule has 2 N–H and O–H groups in total. The van der Waals surface area contributed by atoms with Crippen LogP contribution in [0.15, 0.2) is 23.2 Å². The van der Waals surface area contributed by atoms with Gasteiger partial charge in [0.05, 0.1) is 26.9 Å². The number of hydrogen-bond acceptors (Lipinski definition) is 5. The van der Waals surface area contributed by atoms with Gasteiger partial charge in [0, 0.05) is 39.3 Å². The zero-order valence-corrected chi connectivity index (χ0v) is 21.4. The minimum absolute atomic E-state index is 0. The summed E-state index contributed by atoms with van der Waals surface area (Å²) in [6, 6.07) is 6.47. The molecule has 172 valence electrons. The van der Waals surface area contributed by atoms with E-state index in [1.54, 1.807) is 14.2 Å². The van der Waals surface area contributed by atoms with Gasteiger partial charge in [-0.1, -0.05) is 19.9 Å². The monoisotopic (exact) mass is 534 g/mol. The Kier molecular flexibility index (Phi) is 13.1. The summed E-state index contributed by atoms with van der Waals surface area (Å²) in [4.78, 5) is 6.91. The van der Waals surface area contributed by atoms with Gasteiger partial charge in [0.15, 0.2) is 17.5 Å². The van der Waals surface area contributed by atoms with Crippen molar-refractivity contribution in [2.24, 2.45) is 10.9 Å². The highest BCUT2D eigenvalue weighted by Crippen LogP contribution is 2.27. The molecule has 1 fully saturated rings. The first-order valence-electron chi connectivity index (χ1n) is 10.6. The minimum Gasteiger partial charge on any atom is -0.493 e. The minimum atomic E-state index is 0. The highest BCUT2D eigenvalue weighted by molar-refractivity contribution is 14.0. The number of halogens is 1. The summed E-state index contributed by atoms with van der Waals surface area (Å²) in [5, 5.41) is 6.90. The predicted octanol–water partition coefficient (Wildman–Crippen LogP) is 3.12. The number of morpholine rings is 1. The van der Waals surface area contributed by atoms with Crippen LogP contribution in [0.5, 0.6) is 11.5 Å². The van der Waals surface area contributed by atoms with Crippen molar-refractivity contribution in [2.75, 3.05) is 53.6 Å². The number of methoxy groups -OCH3 is 1. The van der Waals surface area contributed by atoms with Crippen LogP contribution in [0.3, 0.4) is 0 Å².